The molecule has 0 aliphatic carbocycles. The number of ether oxygens (including phenoxy) is 4. The maximum atomic E-state index is 13.0. The Kier molecular flexibility index (Phi) is 63.6. The zero-order valence-corrected chi connectivity index (χ0v) is 59.8. The van der Waals surface area contributed by atoms with Gasteiger partial charge in [-0.05, 0) is 103 Å². The molecule has 0 aromatic carbocycles. The van der Waals surface area contributed by atoms with Crippen molar-refractivity contribution in [1.82, 2.24) is 0 Å². The van der Waals surface area contributed by atoms with Gasteiger partial charge in [0, 0.05) is 25.7 Å². The number of unbranched alkanes of at least 4 members (excludes halogenated alkanes) is 30. The van der Waals surface area contributed by atoms with Crippen molar-refractivity contribution in [3.8, 4) is 0 Å². The van der Waals surface area contributed by atoms with Gasteiger partial charge >= 0.3 is 39.5 Å². The molecule has 5 atom stereocenters. The van der Waals surface area contributed by atoms with E-state index in [4.69, 9.17) is 37.0 Å². The molecule has 0 aliphatic heterocycles. The van der Waals surface area contributed by atoms with E-state index >= 15 is 0 Å². The van der Waals surface area contributed by atoms with Gasteiger partial charge in [0.1, 0.15) is 19.3 Å². The van der Waals surface area contributed by atoms with Crippen LogP contribution in [0.4, 0.5) is 0 Å². The van der Waals surface area contributed by atoms with Crippen molar-refractivity contribution < 1.29 is 80.2 Å². The highest BCUT2D eigenvalue weighted by Gasteiger charge is 2.30. The number of hydrogen-bond acceptors (Lipinski definition) is 15. The minimum atomic E-state index is -4.97. The van der Waals surface area contributed by atoms with E-state index in [-0.39, 0.29) is 25.7 Å². The maximum Gasteiger partial charge on any atom is 0.472 e. The number of phosphoric ester groups is 2. The SMILES string of the molecule is CC/C=C\C/C=C\C/C=C\CCCCCCCC(=O)OCC(COP(=O)(O)OCC(O)COP(=O)(O)OCC(COC(=O)CCCCCCCCCCCCCCC)OC(=O)CCCCCCC/C=C\CCCC)OC(=O)CCCCCCC/C=C\C/C=C\CCC. The molecule has 0 radical (unpaired) electrons. The van der Waals surface area contributed by atoms with Crippen LogP contribution < -0.4 is 0 Å². The van der Waals surface area contributed by atoms with Gasteiger partial charge < -0.3 is 33.8 Å². The summed E-state index contributed by atoms with van der Waals surface area (Å²) >= 11 is 0. The van der Waals surface area contributed by atoms with Crippen LogP contribution in [0.2, 0.25) is 0 Å². The lowest BCUT2D eigenvalue weighted by molar-refractivity contribution is -0.161. The maximum absolute atomic E-state index is 13.0. The van der Waals surface area contributed by atoms with Gasteiger partial charge in [0.25, 0.3) is 0 Å². The predicted octanol–water partition coefficient (Wildman–Crippen LogP) is 20.1. The summed E-state index contributed by atoms with van der Waals surface area (Å²) in [6.07, 6.45) is 63.4. The second-order valence-electron chi connectivity index (χ2n) is 24.2. The van der Waals surface area contributed by atoms with Gasteiger partial charge in [0.15, 0.2) is 12.2 Å². The van der Waals surface area contributed by atoms with Crippen molar-refractivity contribution >= 4 is 39.5 Å². The minimum absolute atomic E-state index is 0.0764. The summed E-state index contributed by atoms with van der Waals surface area (Å²) in [5, 5.41) is 10.6. The van der Waals surface area contributed by atoms with Crippen molar-refractivity contribution in [2.24, 2.45) is 0 Å². The molecule has 534 valence electrons. The Morgan fingerprint density at radius 1 is 0.315 bits per heavy atom. The summed E-state index contributed by atoms with van der Waals surface area (Å²) in [4.78, 5) is 72.6. The van der Waals surface area contributed by atoms with E-state index in [9.17, 15) is 43.2 Å². The van der Waals surface area contributed by atoms with E-state index in [0.717, 1.165) is 161 Å². The number of rotatable bonds is 68. The Labute approximate surface area is 558 Å². The van der Waals surface area contributed by atoms with E-state index in [1.54, 1.807) is 0 Å². The minimum Gasteiger partial charge on any atom is -0.462 e. The van der Waals surface area contributed by atoms with E-state index in [1.165, 1.54) is 70.6 Å². The highest BCUT2D eigenvalue weighted by Crippen LogP contribution is 2.45. The molecule has 0 aromatic heterocycles. The molecular weight excluding hydrogens is 1210 g/mol. The molecule has 19 heteroatoms. The first-order valence-electron chi connectivity index (χ1n) is 36.2. The topological polar surface area (TPSA) is 237 Å². The van der Waals surface area contributed by atoms with Crippen molar-refractivity contribution in [2.75, 3.05) is 39.6 Å². The van der Waals surface area contributed by atoms with E-state index in [0.29, 0.717) is 25.7 Å². The monoisotopic (exact) mass is 1340 g/mol. The molecule has 92 heavy (non-hydrogen) atoms. The van der Waals surface area contributed by atoms with Crippen molar-refractivity contribution in [3.05, 3.63) is 72.9 Å². The smallest absolute Gasteiger partial charge is 0.462 e. The van der Waals surface area contributed by atoms with Crippen LogP contribution in [0.25, 0.3) is 0 Å². The summed E-state index contributed by atoms with van der Waals surface area (Å²) in [6.45, 7) is 4.63. The number of carbonyl (C=O) groups is 4. The second kappa shape index (κ2) is 66.1. The lowest BCUT2D eigenvalue weighted by atomic mass is 10.0. The molecule has 0 aromatic rings. The van der Waals surface area contributed by atoms with Gasteiger partial charge in [0.05, 0.1) is 26.4 Å². The fourth-order valence-electron chi connectivity index (χ4n) is 9.61. The molecule has 0 aliphatic rings. The number of aliphatic hydroxyl groups is 1. The highest BCUT2D eigenvalue weighted by atomic mass is 31.2. The molecule has 0 heterocycles. The van der Waals surface area contributed by atoms with E-state index in [2.05, 4.69) is 101 Å². The predicted molar refractivity (Wildman–Crippen MR) is 372 cm³/mol. The molecule has 0 saturated carbocycles. The molecule has 3 N–H and O–H groups in total. The average molecular weight is 1340 g/mol. The quantitative estimate of drug-likeness (QED) is 0.0169. The van der Waals surface area contributed by atoms with Crippen LogP contribution in [-0.2, 0) is 65.4 Å². The molecule has 0 rings (SSSR count). The van der Waals surface area contributed by atoms with Gasteiger partial charge in [-0.1, -0.05) is 255 Å². The fraction of sp³-hybridized carbons (Fsp3) is 0.781. The second-order valence-corrected chi connectivity index (χ2v) is 27.1. The van der Waals surface area contributed by atoms with Crippen LogP contribution >= 0.6 is 15.6 Å². The number of allylic oxidation sites excluding steroid dienone is 12. The third-order valence-corrected chi connectivity index (χ3v) is 17.0. The number of hydrogen-bond donors (Lipinski definition) is 3. The molecule has 0 spiro atoms. The summed E-state index contributed by atoms with van der Waals surface area (Å²) in [6, 6.07) is 0. The first-order valence-corrected chi connectivity index (χ1v) is 39.2. The zero-order chi connectivity index (χ0) is 67.5. The van der Waals surface area contributed by atoms with Crippen molar-refractivity contribution in [3.63, 3.8) is 0 Å². The number of phosphoric acid groups is 2. The van der Waals surface area contributed by atoms with Gasteiger partial charge in [-0.25, -0.2) is 9.13 Å². The van der Waals surface area contributed by atoms with Gasteiger partial charge in [0.2, 0.25) is 0 Å². The number of esters is 4. The Morgan fingerprint density at radius 2 is 0.598 bits per heavy atom. The third kappa shape index (κ3) is 65.2. The number of carbonyl (C=O) groups excluding carboxylic acids is 4. The Hall–Kier alpha value is -3.50. The summed E-state index contributed by atoms with van der Waals surface area (Å²) in [5.74, 6) is -2.20. The molecule has 0 fully saturated rings. The molecule has 0 bridgehead atoms. The highest BCUT2D eigenvalue weighted by molar-refractivity contribution is 7.47. The summed E-state index contributed by atoms with van der Waals surface area (Å²) in [7, 11) is -9.94. The van der Waals surface area contributed by atoms with E-state index < -0.39 is 97.5 Å². The van der Waals surface area contributed by atoms with E-state index in [1.807, 2.05) is 0 Å². The lowest BCUT2D eigenvalue weighted by Gasteiger charge is -2.21. The summed E-state index contributed by atoms with van der Waals surface area (Å²) < 4.78 is 68.2. The van der Waals surface area contributed by atoms with Crippen LogP contribution in [0.1, 0.15) is 310 Å². The van der Waals surface area contributed by atoms with Gasteiger partial charge in [-0.2, -0.15) is 0 Å². The van der Waals surface area contributed by atoms with Crippen LogP contribution in [0, 0.1) is 0 Å². The first-order chi connectivity index (χ1) is 44.7. The lowest BCUT2D eigenvalue weighted by Crippen LogP contribution is -2.30. The van der Waals surface area contributed by atoms with Crippen molar-refractivity contribution in [2.45, 2.75) is 329 Å². The van der Waals surface area contributed by atoms with Gasteiger partial charge in [-0.3, -0.25) is 37.3 Å². The largest absolute Gasteiger partial charge is 0.472 e. The van der Waals surface area contributed by atoms with Gasteiger partial charge in [-0.15, -0.1) is 0 Å². The summed E-state index contributed by atoms with van der Waals surface area (Å²) in [5.41, 5.74) is 0. The third-order valence-electron chi connectivity index (χ3n) is 15.1. The zero-order valence-electron chi connectivity index (χ0n) is 58.0. The Balaban J connectivity index is 5.32. The van der Waals surface area contributed by atoms with Crippen LogP contribution in [-0.4, -0.2) is 96.7 Å². The molecule has 0 saturated heterocycles. The fourth-order valence-corrected chi connectivity index (χ4v) is 11.2. The van der Waals surface area contributed by atoms with Crippen LogP contribution in [0.5, 0.6) is 0 Å². The molecule has 0 amide bonds. The normalized spacial score (nSPS) is 14.5. The number of aliphatic hydroxyl groups excluding tert-OH is 1. The van der Waals surface area contributed by atoms with Crippen LogP contribution in [0.15, 0.2) is 72.9 Å². The standard InChI is InChI=1S/C73H130O17P2/c1-5-9-13-17-21-25-29-32-33-36-39-42-46-50-54-58-71(76)84-64-69(90-73(78)60-56-52-48-44-40-35-31-27-23-19-15-11-7-3)66-88-92(81,82)86-62-67(74)61-85-91(79,80)87-65-68(89-72(77)59-55-51-47-43-37-28-24-20-16-12-8-4)63-83-70(75)57-53-49-45-41-38-34-30-26-22-18-14-10-6-2/h9,13,15,19-21,24-25,27,31-33,67-69,74H,5-8,10-12,14,16-18,22-23,26,28-30,34-66H2,1-4H3,(H,79,80)(H,81,82)/b13-9-,19-15-,24-20-,25-21-,31-27-,33-32-. The first kappa shape index (κ1) is 88.5. The average Bonchev–Trinajstić information content (AvgIpc) is 2.73. The van der Waals surface area contributed by atoms with Crippen LogP contribution in [0.3, 0.4) is 0 Å². The Morgan fingerprint density at radius 3 is 0.957 bits per heavy atom. The molecular formula is C73H130O17P2. The Bertz CT molecular complexity index is 2040. The molecule has 17 nitrogen and oxygen atoms in total. The molecule has 5 unspecified atom stereocenters. The van der Waals surface area contributed by atoms with Crippen molar-refractivity contribution in [1.29, 1.82) is 0 Å².